The predicted octanol–water partition coefficient (Wildman–Crippen LogP) is 0.834. The molecule has 152 valence electrons. The monoisotopic (exact) mass is 382 g/mol. The fraction of sp³-hybridized carbons (Fsp3) is 0.842. The maximum atomic E-state index is 13.0. The first kappa shape index (κ1) is 20.1. The summed E-state index contributed by atoms with van der Waals surface area (Å²) >= 11 is 0. The Bertz CT molecular complexity index is 562. The van der Waals surface area contributed by atoms with Crippen LogP contribution in [0.3, 0.4) is 0 Å². The highest BCUT2D eigenvalue weighted by Crippen LogP contribution is 2.45. The Morgan fingerprint density at radius 3 is 2.44 bits per heavy atom. The number of nitrogens with zero attached hydrogens (tertiary/aromatic N) is 1. The van der Waals surface area contributed by atoms with Gasteiger partial charge in [-0.05, 0) is 19.3 Å². The van der Waals surface area contributed by atoms with Gasteiger partial charge in [0.05, 0.1) is 24.0 Å². The van der Waals surface area contributed by atoms with Crippen molar-refractivity contribution in [1.82, 2.24) is 10.2 Å². The predicted molar refractivity (Wildman–Crippen MR) is 95.5 cm³/mol. The van der Waals surface area contributed by atoms with Gasteiger partial charge in [0.15, 0.2) is 0 Å². The van der Waals surface area contributed by atoms with Crippen molar-refractivity contribution in [3.63, 3.8) is 0 Å². The molecule has 3 saturated heterocycles. The molecular formula is C19H30N2O6. The molecule has 0 aromatic heterocycles. The van der Waals surface area contributed by atoms with Crippen molar-refractivity contribution in [2.24, 2.45) is 11.8 Å². The Morgan fingerprint density at radius 2 is 1.78 bits per heavy atom. The second kappa shape index (κ2) is 9.01. The molecule has 27 heavy (non-hydrogen) atoms. The normalized spacial score (nSPS) is 30.8. The largest absolute Gasteiger partial charge is 0.425 e. The Labute approximate surface area is 159 Å². The fourth-order valence-corrected chi connectivity index (χ4v) is 4.22. The van der Waals surface area contributed by atoms with E-state index in [4.69, 9.17) is 14.2 Å². The van der Waals surface area contributed by atoms with E-state index < -0.39 is 24.1 Å². The van der Waals surface area contributed by atoms with Crippen molar-refractivity contribution in [3.8, 4) is 0 Å². The first-order valence-corrected chi connectivity index (χ1v) is 10.1. The lowest BCUT2D eigenvalue weighted by Gasteiger charge is -2.34. The first-order valence-electron chi connectivity index (χ1n) is 10.1. The Hall–Kier alpha value is -1.67. The van der Waals surface area contributed by atoms with Crippen molar-refractivity contribution in [1.29, 1.82) is 0 Å². The number of hydrogen-bond donors (Lipinski definition) is 1. The fourth-order valence-electron chi connectivity index (χ4n) is 4.22. The zero-order valence-corrected chi connectivity index (χ0v) is 16.1. The molecule has 3 aliphatic heterocycles. The molecule has 5 unspecified atom stereocenters. The molecule has 0 radical (unpaired) electrons. The summed E-state index contributed by atoms with van der Waals surface area (Å²) in [5.41, 5.74) is 0. The molecule has 3 rings (SSSR count). The highest BCUT2D eigenvalue weighted by molar-refractivity contribution is 5.87. The second-order valence-electron chi connectivity index (χ2n) is 7.52. The standard InChI is InChI=1S/C19H30N2O6/c1-3-4-5-15(22)25-12(2)26-19(24)17-14-7-6-13(27-14)16(17)18(23)21-10-8-20-9-11-21/h12-14,16-17,20H,3-11H2,1-2H3. The van der Waals surface area contributed by atoms with Gasteiger partial charge >= 0.3 is 11.9 Å². The average molecular weight is 382 g/mol. The molecule has 5 atom stereocenters. The van der Waals surface area contributed by atoms with Crippen LogP contribution in [-0.4, -0.2) is 67.4 Å². The van der Waals surface area contributed by atoms with Crippen molar-refractivity contribution in [2.75, 3.05) is 26.2 Å². The van der Waals surface area contributed by atoms with Crippen LogP contribution in [0, 0.1) is 11.8 Å². The summed E-state index contributed by atoms with van der Waals surface area (Å²) in [5, 5.41) is 3.22. The van der Waals surface area contributed by atoms with Crippen molar-refractivity contribution >= 4 is 17.8 Å². The van der Waals surface area contributed by atoms with E-state index in [0.29, 0.717) is 19.5 Å². The number of ether oxygens (including phenoxy) is 3. The van der Waals surface area contributed by atoms with Crippen LogP contribution >= 0.6 is 0 Å². The molecule has 8 nitrogen and oxygen atoms in total. The van der Waals surface area contributed by atoms with E-state index in [1.165, 1.54) is 6.92 Å². The van der Waals surface area contributed by atoms with Gasteiger partial charge in [-0.15, -0.1) is 0 Å². The number of hydrogen-bond acceptors (Lipinski definition) is 7. The number of carbonyl (C=O) groups excluding carboxylic acids is 3. The summed E-state index contributed by atoms with van der Waals surface area (Å²) in [6.45, 7) is 6.31. The highest BCUT2D eigenvalue weighted by Gasteiger charge is 2.57. The van der Waals surface area contributed by atoms with Crippen LogP contribution < -0.4 is 5.32 Å². The van der Waals surface area contributed by atoms with Crippen molar-refractivity contribution in [2.45, 2.75) is 64.4 Å². The van der Waals surface area contributed by atoms with E-state index >= 15 is 0 Å². The minimum absolute atomic E-state index is 0.0294. The molecule has 8 heteroatoms. The minimum Gasteiger partial charge on any atom is -0.425 e. The lowest BCUT2D eigenvalue weighted by molar-refractivity contribution is -0.190. The van der Waals surface area contributed by atoms with Gasteiger partial charge in [0.25, 0.3) is 0 Å². The molecule has 0 spiro atoms. The van der Waals surface area contributed by atoms with E-state index in [1.54, 1.807) is 4.90 Å². The van der Waals surface area contributed by atoms with Crippen LogP contribution in [0.2, 0.25) is 0 Å². The molecule has 3 fully saturated rings. The summed E-state index contributed by atoms with van der Waals surface area (Å²) in [4.78, 5) is 39.3. The van der Waals surface area contributed by atoms with E-state index in [1.807, 2.05) is 6.92 Å². The molecule has 0 aromatic rings. The number of nitrogens with one attached hydrogen (secondary N) is 1. The zero-order valence-electron chi connectivity index (χ0n) is 16.1. The molecule has 3 aliphatic rings. The van der Waals surface area contributed by atoms with Gasteiger partial charge in [0.2, 0.25) is 12.2 Å². The van der Waals surface area contributed by atoms with Gasteiger partial charge in [-0.3, -0.25) is 14.4 Å². The van der Waals surface area contributed by atoms with Gasteiger partial charge in [0.1, 0.15) is 0 Å². The summed E-state index contributed by atoms with van der Waals surface area (Å²) in [5.74, 6) is -2.04. The maximum absolute atomic E-state index is 13.0. The van der Waals surface area contributed by atoms with Crippen LogP contribution in [0.5, 0.6) is 0 Å². The molecule has 0 saturated carbocycles. The minimum atomic E-state index is -0.962. The average Bonchev–Trinajstić information content (AvgIpc) is 3.27. The number of rotatable bonds is 7. The quantitative estimate of drug-likeness (QED) is 0.515. The second-order valence-corrected chi connectivity index (χ2v) is 7.52. The van der Waals surface area contributed by atoms with Crippen LogP contribution in [0.4, 0.5) is 0 Å². The highest BCUT2D eigenvalue weighted by atomic mass is 16.7. The first-order chi connectivity index (χ1) is 13.0. The lowest BCUT2D eigenvalue weighted by Crippen LogP contribution is -2.52. The Balaban J connectivity index is 1.60. The van der Waals surface area contributed by atoms with Crippen molar-refractivity contribution in [3.05, 3.63) is 0 Å². The smallest absolute Gasteiger partial charge is 0.315 e. The number of carbonyl (C=O) groups is 3. The number of piperazine rings is 1. The summed E-state index contributed by atoms with van der Waals surface area (Å²) in [6.07, 6.45) is 2.00. The topological polar surface area (TPSA) is 94.2 Å². The number of esters is 2. The van der Waals surface area contributed by atoms with Gasteiger partial charge in [-0.2, -0.15) is 0 Å². The summed E-state index contributed by atoms with van der Waals surface area (Å²) in [6, 6.07) is 0. The van der Waals surface area contributed by atoms with Gasteiger partial charge < -0.3 is 24.4 Å². The molecule has 1 amide bonds. The lowest BCUT2D eigenvalue weighted by atomic mass is 9.78. The number of amides is 1. The number of fused-ring (bicyclic) bond motifs is 2. The van der Waals surface area contributed by atoms with E-state index in [2.05, 4.69) is 5.32 Å². The van der Waals surface area contributed by atoms with Gasteiger partial charge in [0, 0.05) is 39.5 Å². The SMILES string of the molecule is CCCCC(=O)OC(C)OC(=O)C1C2CCC(O2)C1C(=O)N1CCNCC1. The summed E-state index contributed by atoms with van der Waals surface area (Å²) < 4.78 is 16.4. The van der Waals surface area contributed by atoms with Crippen LogP contribution in [0.25, 0.3) is 0 Å². The van der Waals surface area contributed by atoms with Crippen LogP contribution in [0.1, 0.15) is 46.0 Å². The molecular weight excluding hydrogens is 352 g/mol. The molecule has 0 aromatic carbocycles. The molecule has 1 N–H and O–H groups in total. The van der Waals surface area contributed by atoms with Crippen LogP contribution in [-0.2, 0) is 28.6 Å². The van der Waals surface area contributed by atoms with E-state index in [9.17, 15) is 14.4 Å². The zero-order chi connectivity index (χ0) is 19.4. The third-order valence-corrected chi connectivity index (χ3v) is 5.57. The summed E-state index contributed by atoms with van der Waals surface area (Å²) in [7, 11) is 0. The number of unbranched alkanes of at least 4 members (excludes halogenated alkanes) is 1. The van der Waals surface area contributed by atoms with Crippen molar-refractivity contribution < 1.29 is 28.6 Å². The maximum Gasteiger partial charge on any atom is 0.315 e. The Kier molecular flexibility index (Phi) is 6.70. The third kappa shape index (κ3) is 4.60. The van der Waals surface area contributed by atoms with E-state index in [-0.39, 0.29) is 24.1 Å². The molecule has 3 heterocycles. The van der Waals surface area contributed by atoms with Gasteiger partial charge in [-0.25, -0.2) is 0 Å². The van der Waals surface area contributed by atoms with Crippen LogP contribution in [0.15, 0.2) is 0 Å². The van der Waals surface area contributed by atoms with Gasteiger partial charge in [-0.1, -0.05) is 13.3 Å². The third-order valence-electron chi connectivity index (χ3n) is 5.57. The van der Waals surface area contributed by atoms with E-state index in [0.717, 1.165) is 38.8 Å². The molecule has 0 aliphatic carbocycles. The molecule has 2 bridgehead atoms. The Morgan fingerprint density at radius 1 is 1.11 bits per heavy atom.